The summed E-state index contributed by atoms with van der Waals surface area (Å²) in [5.41, 5.74) is -2.87. The summed E-state index contributed by atoms with van der Waals surface area (Å²) in [4.78, 5) is 15.1. The van der Waals surface area contributed by atoms with E-state index in [1.165, 1.54) is 64.2 Å². The third-order valence-corrected chi connectivity index (χ3v) is 17.4. The lowest BCUT2D eigenvalue weighted by atomic mass is 9.33. The highest BCUT2D eigenvalue weighted by Crippen LogP contribution is 2.76. The lowest BCUT2D eigenvalue weighted by molar-refractivity contribution is -0.305. The van der Waals surface area contributed by atoms with Crippen LogP contribution in [0.2, 0.25) is 0 Å². The van der Waals surface area contributed by atoms with Gasteiger partial charge in [0.2, 0.25) is 0 Å². The summed E-state index contributed by atoms with van der Waals surface area (Å²) in [6, 6.07) is 0. The molecule has 0 aromatic heterocycles. The molecule has 0 aromatic carbocycles. The predicted octanol–water partition coefficient (Wildman–Crippen LogP) is 10.7. The summed E-state index contributed by atoms with van der Waals surface area (Å²) >= 11 is 0. The Bertz CT molecular complexity index is 1240. The first-order chi connectivity index (χ1) is 25.7. The maximum Gasteiger partial charge on any atom is 0.116 e. The normalized spacial score (nSPS) is 37.0. The zero-order valence-corrected chi connectivity index (χ0v) is 36.7. The van der Waals surface area contributed by atoms with Crippen molar-refractivity contribution in [3.8, 4) is 0 Å². The minimum Gasteiger partial charge on any atom is -0.550 e. The second-order valence-corrected chi connectivity index (χ2v) is 21.5. The Morgan fingerprint density at radius 2 is 1.25 bits per heavy atom. The molecular formula is C48H85O7-. The van der Waals surface area contributed by atoms with Crippen molar-refractivity contribution in [2.45, 2.75) is 239 Å². The molecule has 4 saturated carbocycles. The van der Waals surface area contributed by atoms with Gasteiger partial charge in [-0.1, -0.05) is 137 Å². The number of aliphatic hydroxyl groups excluding tert-OH is 1. The standard InChI is InChI=1S/C48H86O7/c1-42(2,55-54)30-24-31-46(7,52)37-28-33-44(5)36(37)26-27-39-45(44,6)34-29-38-43(3,4)48(53,35-40(49)47(38,39)8)32-23-21-19-17-15-13-11-9-10-12-14-16-18-20-22-25-41(50)51/h24,30,36-40,49,52-54H,9-23,25-29,31-35H2,1-8H3,(H,50,51)/p-1/b30-24+/t36-,37+,38+,39+,40-,44-,45-,46+,47+,48+/m1/s1. The lowest BCUT2D eigenvalue weighted by Crippen LogP contribution is -2.70. The van der Waals surface area contributed by atoms with Gasteiger partial charge in [0.15, 0.2) is 0 Å². The highest BCUT2D eigenvalue weighted by Gasteiger charge is 2.72. The molecular weight excluding hydrogens is 689 g/mol. The van der Waals surface area contributed by atoms with E-state index in [9.17, 15) is 30.5 Å². The molecule has 4 rings (SSSR count). The van der Waals surface area contributed by atoms with Crippen LogP contribution in [0.1, 0.15) is 216 Å². The summed E-state index contributed by atoms with van der Waals surface area (Å²) in [5, 5.41) is 56.3. The van der Waals surface area contributed by atoms with E-state index >= 15 is 0 Å². The summed E-state index contributed by atoms with van der Waals surface area (Å²) < 4.78 is 0. The lowest BCUT2D eigenvalue weighted by Gasteiger charge is -2.72. The second-order valence-electron chi connectivity index (χ2n) is 21.5. The number of carboxylic acids is 1. The Kier molecular flexibility index (Phi) is 16.1. The molecule has 0 heterocycles. The quantitative estimate of drug-likeness (QED) is 0.0352. The van der Waals surface area contributed by atoms with Crippen molar-refractivity contribution in [1.29, 1.82) is 0 Å². The maximum atomic E-state index is 12.4. The summed E-state index contributed by atoms with van der Waals surface area (Å²) in [6.45, 7) is 17.7. The molecule has 0 amide bonds. The third kappa shape index (κ3) is 10.1. The van der Waals surface area contributed by atoms with Crippen LogP contribution in [-0.2, 0) is 9.68 Å². The van der Waals surface area contributed by atoms with Crippen LogP contribution in [0, 0.1) is 45.3 Å². The molecule has 320 valence electrons. The van der Waals surface area contributed by atoms with Crippen LogP contribution < -0.4 is 5.11 Å². The highest BCUT2D eigenvalue weighted by atomic mass is 17.1. The van der Waals surface area contributed by atoms with Crippen molar-refractivity contribution in [1.82, 2.24) is 0 Å². The van der Waals surface area contributed by atoms with Crippen molar-refractivity contribution < 1.29 is 35.4 Å². The number of fused-ring (bicyclic) bond motifs is 5. The Morgan fingerprint density at radius 3 is 1.78 bits per heavy atom. The number of carboxylic acid groups (broad SMARTS) is 1. The second kappa shape index (κ2) is 18.9. The van der Waals surface area contributed by atoms with Gasteiger partial charge in [0.25, 0.3) is 0 Å². The monoisotopic (exact) mass is 774 g/mol. The highest BCUT2D eigenvalue weighted by molar-refractivity contribution is 5.64. The molecule has 0 aliphatic heterocycles. The van der Waals surface area contributed by atoms with Gasteiger partial charge in [-0.15, -0.1) is 0 Å². The van der Waals surface area contributed by atoms with Gasteiger partial charge in [-0.05, 0) is 125 Å². The van der Waals surface area contributed by atoms with Crippen molar-refractivity contribution in [3.63, 3.8) is 0 Å². The van der Waals surface area contributed by atoms with Crippen molar-refractivity contribution in [3.05, 3.63) is 12.2 Å². The summed E-state index contributed by atoms with van der Waals surface area (Å²) in [7, 11) is 0. The number of hydrogen-bond acceptors (Lipinski definition) is 7. The largest absolute Gasteiger partial charge is 0.550 e. The van der Waals surface area contributed by atoms with E-state index in [0.717, 1.165) is 77.0 Å². The van der Waals surface area contributed by atoms with E-state index in [-0.39, 0.29) is 39.9 Å². The van der Waals surface area contributed by atoms with Crippen LogP contribution in [0.3, 0.4) is 0 Å². The molecule has 0 aromatic rings. The third-order valence-electron chi connectivity index (χ3n) is 17.4. The Balaban J connectivity index is 1.24. The van der Waals surface area contributed by atoms with Crippen LogP contribution >= 0.6 is 0 Å². The van der Waals surface area contributed by atoms with Gasteiger partial charge in [0.05, 0.1) is 17.3 Å². The molecule has 7 heteroatoms. The molecule has 7 nitrogen and oxygen atoms in total. The fraction of sp³-hybridized carbons (Fsp3) is 0.938. The van der Waals surface area contributed by atoms with Crippen LogP contribution in [-0.4, -0.2) is 49.5 Å². The fourth-order valence-corrected chi connectivity index (χ4v) is 13.7. The maximum absolute atomic E-state index is 12.4. The zero-order chi connectivity index (χ0) is 40.8. The minimum absolute atomic E-state index is 0.0605. The molecule has 4 aliphatic carbocycles. The predicted molar refractivity (Wildman–Crippen MR) is 221 cm³/mol. The SMILES string of the molecule is CC(C)(/C=C/C[C@](C)(O)[C@H]1CC[C@]2(C)[C@@H]1CC[C@@H]1[C@@]3(C)[C@H](O)C[C@@](O)(CCCCCCCCCCCCCCCCCC(=O)[O-])C(C)(C)[C@@H]3CC[C@]12C)OO. The van der Waals surface area contributed by atoms with Crippen LogP contribution in [0.4, 0.5) is 0 Å². The van der Waals surface area contributed by atoms with Crippen molar-refractivity contribution in [2.24, 2.45) is 45.3 Å². The molecule has 4 fully saturated rings. The van der Waals surface area contributed by atoms with E-state index in [1.54, 1.807) is 13.8 Å². The van der Waals surface area contributed by atoms with Crippen LogP contribution in [0.25, 0.3) is 0 Å². The van der Waals surface area contributed by atoms with Crippen LogP contribution in [0.15, 0.2) is 12.2 Å². The zero-order valence-electron chi connectivity index (χ0n) is 36.7. The molecule has 0 bridgehead atoms. The number of carbonyl (C=O) groups is 1. The first-order valence-electron chi connectivity index (χ1n) is 23.0. The van der Waals surface area contributed by atoms with E-state index in [1.807, 2.05) is 19.1 Å². The van der Waals surface area contributed by atoms with Gasteiger partial charge in [0, 0.05) is 17.8 Å². The number of aliphatic carboxylic acids is 1. The molecule has 4 N–H and O–H groups in total. The molecule has 0 saturated heterocycles. The van der Waals surface area contributed by atoms with E-state index in [2.05, 4.69) is 39.5 Å². The Hall–Kier alpha value is -0.990. The number of carbonyl (C=O) groups excluding carboxylic acids is 1. The number of unbranched alkanes of at least 4 members (excludes halogenated alkanes) is 14. The Morgan fingerprint density at radius 1 is 0.745 bits per heavy atom. The molecule has 0 unspecified atom stereocenters. The average Bonchev–Trinajstić information content (AvgIpc) is 3.47. The Labute approximate surface area is 336 Å². The summed E-state index contributed by atoms with van der Waals surface area (Å²) in [6.07, 6.45) is 29.5. The van der Waals surface area contributed by atoms with Gasteiger partial charge >= 0.3 is 0 Å². The van der Waals surface area contributed by atoms with Gasteiger partial charge in [-0.25, -0.2) is 4.89 Å². The van der Waals surface area contributed by atoms with Gasteiger partial charge in [-0.3, -0.25) is 5.26 Å². The molecule has 0 radical (unpaired) electrons. The van der Waals surface area contributed by atoms with Gasteiger partial charge in [-0.2, -0.15) is 0 Å². The smallest absolute Gasteiger partial charge is 0.116 e. The number of hydrogen-bond donors (Lipinski definition) is 4. The fourth-order valence-electron chi connectivity index (χ4n) is 13.7. The van der Waals surface area contributed by atoms with E-state index in [0.29, 0.717) is 24.7 Å². The van der Waals surface area contributed by atoms with E-state index in [4.69, 9.17) is 0 Å². The van der Waals surface area contributed by atoms with Crippen molar-refractivity contribution >= 4 is 5.97 Å². The molecule has 55 heavy (non-hydrogen) atoms. The van der Waals surface area contributed by atoms with E-state index < -0.39 is 28.9 Å². The minimum atomic E-state index is -0.926. The first-order valence-corrected chi connectivity index (χ1v) is 23.0. The number of aliphatic hydroxyl groups is 3. The van der Waals surface area contributed by atoms with Gasteiger partial charge in [0.1, 0.15) is 5.60 Å². The van der Waals surface area contributed by atoms with Crippen LogP contribution in [0.5, 0.6) is 0 Å². The first kappa shape index (κ1) is 46.7. The molecule has 10 atom stereocenters. The van der Waals surface area contributed by atoms with Crippen molar-refractivity contribution in [2.75, 3.05) is 0 Å². The molecule has 4 aliphatic rings. The molecule has 0 spiro atoms. The summed E-state index contributed by atoms with van der Waals surface area (Å²) in [5.74, 6) is 0.343. The average molecular weight is 774 g/mol. The topological polar surface area (TPSA) is 130 Å². The van der Waals surface area contributed by atoms with Gasteiger partial charge < -0.3 is 25.2 Å². The number of rotatable bonds is 23.